The van der Waals surface area contributed by atoms with Gasteiger partial charge in [-0.1, -0.05) is 35.3 Å². The maximum Gasteiger partial charge on any atom is 0.416 e. The van der Waals surface area contributed by atoms with Gasteiger partial charge in [0.05, 0.1) is 5.56 Å². The summed E-state index contributed by atoms with van der Waals surface area (Å²) in [4.78, 5) is 29.2. The van der Waals surface area contributed by atoms with Crippen molar-refractivity contribution in [2.24, 2.45) is 5.92 Å². The largest absolute Gasteiger partial charge is 0.444 e. The van der Waals surface area contributed by atoms with Crippen molar-refractivity contribution in [2.75, 3.05) is 19.6 Å². The van der Waals surface area contributed by atoms with E-state index < -0.39 is 17.3 Å². The molecule has 0 aliphatic carbocycles. The van der Waals surface area contributed by atoms with E-state index in [-0.39, 0.29) is 24.0 Å². The van der Waals surface area contributed by atoms with Crippen LogP contribution in [0.2, 0.25) is 10.0 Å². The molecule has 4 rings (SSSR count). The maximum atomic E-state index is 13.3. The number of hydrogen-bond donors (Lipinski definition) is 0. The number of carbonyl (C=O) groups excluding carboxylic acids is 2. The molecule has 0 N–H and O–H groups in total. The lowest BCUT2D eigenvalue weighted by atomic mass is 9.95. The van der Waals surface area contributed by atoms with Gasteiger partial charge in [0.1, 0.15) is 5.60 Å². The SMILES string of the molecule is CC(C)(C)OC(=O)N1CCC(N2CCC(Cc3c(Cl)cc(-c4cccc(C(F)(F)F)c4)cc3Cl)C2=O)CC1. The third-order valence-corrected chi connectivity index (χ3v) is 7.70. The van der Waals surface area contributed by atoms with Gasteiger partial charge < -0.3 is 14.5 Å². The second-order valence-corrected chi connectivity index (χ2v) is 11.7. The van der Waals surface area contributed by atoms with E-state index >= 15 is 0 Å². The Morgan fingerprint density at radius 1 is 0.974 bits per heavy atom. The molecule has 2 saturated heterocycles. The Labute approximate surface area is 230 Å². The quantitative estimate of drug-likeness (QED) is 0.383. The van der Waals surface area contributed by atoms with Crippen molar-refractivity contribution in [3.63, 3.8) is 0 Å². The van der Waals surface area contributed by atoms with Crippen molar-refractivity contribution in [1.82, 2.24) is 9.80 Å². The molecular weight excluding hydrogens is 540 g/mol. The molecule has 2 amide bonds. The van der Waals surface area contributed by atoms with Crippen LogP contribution >= 0.6 is 23.2 Å². The molecule has 2 aliphatic rings. The van der Waals surface area contributed by atoms with E-state index in [1.54, 1.807) is 23.1 Å². The van der Waals surface area contributed by atoms with Crippen molar-refractivity contribution in [2.45, 2.75) is 64.3 Å². The molecule has 0 radical (unpaired) electrons. The summed E-state index contributed by atoms with van der Waals surface area (Å²) >= 11 is 13.1. The first-order valence-electron chi connectivity index (χ1n) is 12.7. The van der Waals surface area contributed by atoms with E-state index in [9.17, 15) is 22.8 Å². The lowest BCUT2D eigenvalue weighted by Gasteiger charge is -2.37. The van der Waals surface area contributed by atoms with Crippen molar-refractivity contribution in [3.05, 3.63) is 57.6 Å². The first kappa shape index (κ1) is 28.6. The van der Waals surface area contributed by atoms with Crippen LogP contribution in [0.25, 0.3) is 11.1 Å². The van der Waals surface area contributed by atoms with E-state index in [4.69, 9.17) is 27.9 Å². The molecule has 2 aromatic rings. The van der Waals surface area contributed by atoms with E-state index in [1.807, 2.05) is 25.7 Å². The van der Waals surface area contributed by atoms with E-state index in [1.165, 1.54) is 6.07 Å². The molecule has 0 aromatic heterocycles. The molecule has 2 aromatic carbocycles. The van der Waals surface area contributed by atoms with Gasteiger partial charge in [-0.25, -0.2) is 4.79 Å². The number of amides is 2. The molecule has 0 bridgehead atoms. The van der Waals surface area contributed by atoms with Crippen LogP contribution in [0.3, 0.4) is 0 Å². The topological polar surface area (TPSA) is 49.9 Å². The number of benzene rings is 2. The number of ether oxygens (including phenoxy) is 1. The van der Waals surface area contributed by atoms with Crippen LogP contribution < -0.4 is 0 Å². The third-order valence-electron chi connectivity index (χ3n) is 7.02. The zero-order chi connectivity index (χ0) is 27.8. The van der Waals surface area contributed by atoms with Gasteiger partial charge in [-0.05, 0) is 87.4 Å². The third kappa shape index (κ3) is 6.57. The van der Waals surface area contributed by atoms with Gasteiger partial charge in [-0.2, -0.15) is 13.2 Å². The number of piperidine rings is 1. The van der Waals surface area contributed by atoms with Crippen molar-refractivity contribution < 1.29 is 27.5 Å². The molecule has 2 fully saturated rings. The lowest BCUT2D eigenvalue weighted by molar-refractivity contribution is -0.137. The molecule has 2 aliphatic heterocycles. The highest BCUT2D eigenvalue weighted by Crippen LogP contribution is 2.38. The Morgan fingerprint density at radius 3 is 2.18 bits per heavy atom. The van der Waals surface area contributed by atoms with Crippen molar-refractivity contribution >= 4 is 35.2 Å². The summed E-state index contributed by atoms with van der Waals surface area (Å²) < 4.78 is 44.9. The van der Waals surface area contributed by atoms with Crippen LogP contribution in [0.15, 0.2) is 36.4 Å². The second kappa shape index (κ2) is 11.0. The Balaban J connectivity index is 1.40. The highest BCUT2D eigenvalue weighted by atomic mass is 35.5. The predicted molar refractivity (Wildman–Crippen MR) is 141 cm³/mol. The van der Waals surface area contributed by atoms with Crippen LogP contribution in [0, 0.1) is 5.92 Å². The highest BCUT2D eigenvalue weighted by molar-refractivity contribution is 6.36. The molecule has 0 spiro atoms. The molecule has 0 saturated carbocycles. The standard InChI is InChI=1S/C28H31Cl2F3N2O3/c1-27(2,3)38-26(37)34-10-8-21(9-11-34)35-12-7-18(25(35)36)14-22-23(29)15-19(16-24(22)30)17-5-4-6-20(13-17)28(31,32)33/h4-6,13,15-16,18,21H,7-12,14H2,1-3H3. The Hall–Kier alpha value is -2.45. The zero-order valence-electron chi connectivity index (χ0n) is 21.6. The molecule has 5 nitrogen and oxygen atoms in total. The summed E-state index contributed by atoms with van der Waals surface area (Å²) in [6.45, 7) is 7.18. The number of alkyl halides is 3. The van der Waals surface area contributed by atoms with Crippen LogP contribution in [-0.2, 0) is 22.1 Å². The summed E-state index contributed by atoms with van der Waals surface area (Å²) in [5, 5.41) is 0.642. The normalized spacial score (nSPS) is 19.3. The molecule has 38 heavy (non-hydrogen) atoms. The zero-order valence-corrected chi connectivity index (χ0v) is 23.1. The van der Waals surface area contributed by atoms with Crippen molar-refractivity contribution in [1.29, 1.82) is 0 Å². The predicted octanol–water partition coefficient (Wildman–Crippen LogP) is 7.47. The van der Waals surface area contributed by atoms with Gasteiger partial charge in [0.25, 0.3) is 0 Å². The van der Waals surface area contributed by atoms with E-state index in [0.29, 0.717) is 72.1 Å². The first-order valence-corrected chi connectivity index (χ1v) is 13.4. The fourth-order valence-electron chi connectivity index (χ4n) is 5.09. The van der Waals surface area contributed by atoms with Crippen LogP contribution in [0.5, 0.6) is 0 Å². The van der Waals surface area contributed by atoms with E-state index in [0.717, 1.165) is 12.1 Å². The summed E-state index contributed by atoms with van der Waals surface area (Å²) in [5.41, 5.74) is 0.144. The average molecular weight is 571 g/mol. The number of halogens is 5. The number of hydrogen-bond acceptors (Lipinski definition) is 3. The van der Waals surface area contributed by atoms with Crippen LogP contribution in [0.1, 0.15) is 51.2 Å². The molecule has 1 atom stereocenters. The molecule has 10 heteroatoms. The summed E-state index contributed by atoms with van der Waals surface area (Å²) in [7, 11) is 0. The number of nitrogens with zero attached hydrogens (tertiary/aromatic N) is 2. The summed E-state index contributed by atoms with van der Waals surface area (Å²) in [6, 6.07) is 8.25. The number of rotatable bonds is 4. The number of likely N-dealkylation sites (tertiary alicyclic amines) is 2. The fourth-order valence-corrected chi connectivity index (χ4v) is 5.73. The van der Waals surface area contributed by atoms with Crippen LogP contribution in [-0.4, -0.2) is 53.1 Å². The summed E-state index contributed by atoms with van der Waals surface area (Å²) in [6.07, 6.45) is -2.40. The molecule has 1 unspecified atom stereocenters. The van der Waals surface area contributed by atoms with Gasteiger partial charge in [0.15, 0.2) is 0 Å². The van der Waals surface area contributed by atoms with Crippen LogP contribution in [0.4, 0.5) is 18.0 Å². The molecule has 206 valence electrons. The lowest BCUT2D eigenvalue weighted by Crippen LogP contribution is -2.48. The number of carbonyl (C=O) groups is 2. The van der Waals surface area contributed by atoms with E-state index in [2.05, 4.69) is 0 Å². The second-order valence-electron chi connectivity index (χ2n) is 10.9. The molecular formula is C28H31Cl2F3N2O3. The van der Waals surface area contributed by atoms with Gasteiger partial charge >= 0.3 is 12.3 Å². The fraction of sp³-hybridized carbons (Fsp3) is 0.500. The van der Waals surface area contributed by atoms with Gasteiger partial charge in [-0.3, -0.25) is 4.79 Å². The van der Waals surface area contributed by atoms with Gasteiger partial charge in [0.2, 0.25) is 5.91 Å². The maximum absolute atomic E-state index is 13.3. The summed E-state index contributed by atoms with van der Waals surface area (Å²) in [5.74, 6) is -0.247. The van der Waals surface area contributed by atoms with Gasteiger partial charge in [-0.15, -0.1) is 0 Å². The Morgan fingerprint density at radius 2 is 1.61 bits per heavy atom. The minimum Gasteiger partial charge on any atom is -0.444 e. The monoisotopic (exact) mass is 570 g/mol. The average Bonchev–Trinajstić information content (AvgIpc) is 3.19. The minimum atomic E-state index is -4.45. The molecule has 2 heterocycles. The smallest absolute Gasteiger partial charge is 0.416 e. The van der Waals surface area contributed by atoms with Crippen molar-refractivity contribution in [3.8, 4) is 11.1 Å². The Kier molecular flexibility index (Phi) is 8.24. The Bertz CT molecular complexity index is 1180. The first-order chi connectivity index (χ1) is 17.7. The highest BCUT2D eigenvalue weighted by Gasteiger charge is 2.38. The van der Waals surface area contributed by atoms with Gasteiger partial charge in [0, 0.05) is 41.6 Å². The minimum absolute atomic E-state index is 0.0369.